The van der Waals surface area contributed by atoms with Crippen molar-refractivity contribution in [2.45, 2.75) is 58.9 Å². The van der Waals surface area contributed by atoms with Crippen LogP contribution in [0.25, 0.3) is 0 Å². The van der Waals surface area contributed by atoms with Gasteiger partial charge in [0.25, 0.3) is 0 Å². The summed E-state index contributed by atoms with van der Waals surface area (Å²) in [5.74, 6) is 0. The van der Waals surface area contributed by atoms with Crippen molar-refractivity contribution in [3.8, 4) is 0 Å². The molecule has 0 saturated heterocycles. The van der Waals surface area contributed by atoms with E-state index in [0.29, 0.717) is 6.54 Å². The second kappa shape index (κ2) is 7.30. The molecular weight excluding hydrogens is 300 g/mol. The van der Waals surface area contributed by atoms with Crippen molar-refractivity contribution in [3.63, 3.8) is 0 Å². The molecule has 0 bridgehead atoms. The molecule has 2 nitrogen and oxygen atoms in total. The number of nitrogens with two attached hydrogens (primary N) is 1. The van der Waals surface area contributed by atoms with E-state index in [0.717, 1.165) is 25.7 Å². The summed E-state index contributed by atoms with van der Waals surface area (Å²) in [6.07, 6.45) is 4.54. The van der Waals surface area contributed by atoms with E-state index in [2.05, 4.69) is 61.1 Å². The van der Waals surface area contributed by atoms with E-state index in [-0.39, 0.29) is 5.54 Å². The highest BCUT2D eigenvalue weighted by Crippen LogP contribution is 2.29. The molecule has 1 aromatic rings. The number of aryl methyl sites for hydroxylation is 2. The molecule has 0 heterocycles. The Bertz CT molecular complexity index is 386. The number of halogens is 1. The highest BCUT2D eigenvalue weighted by molar-refractivity contribution is 9.10. The quantitative estimate of drug-likeness (QED) is 0.757. The summed E-state index contributed by atoms with van der Waals surface area (Å²) in [7, 11) is 0. The third-order valence-corrected chi connectivity index (χ3v) is 4.94. The van der Waals surface area contributed by atoms with Crippen LogP contribution in [0.3, 0.4) is 0 Å². The lowest BCUT2D eigenvalue weighted by molar-refractivity contribution is 0.401. The first-order chi connectivity index (χ1) is 8.98. The largest absolute Gasteiger partial charge is 0.378 e. The number of anilines is 1. The molecule has 0 radical (unpaired) electrons. The molecule has 3 N–H and O–H groups in total. The first kappa shape index (κ1) is 16.5. The van der Waals surface area contributed by atoms with Gasteiger partial charge in [-0.1, -0.05) is 42.6 Å². The first-order valence-corrected chi connectivity index (χ1v) is 8.02. The molecule has 0 aromatic heterocycles. The van der Waals surface area contributed by atoms with Gasteiger partial charge in [-0.15, -0.1) is 0 Å². The molecule has 3 heteroatoms. The van der Waals surface area contributed by atoms with Crippen LogP contribution in [0.5, 0.6) is 0 Å². The molecule has 1 aromatic carbocycles. The van der Waals surface area contributed by atoms with Gasteiger partial charge < -0.3 is 11.1 Å². The summed E-state index contributed by atoms with van der Waals surface area (Å²) in [4.78, 5) is 0. The summed E-state index contributed by atoms with van der Waals surface area (Å²) in [6, 6.07) is 4.40. The van der Waals surface area contributed by atoms with Gasteiger partial charge in [0.05, 0.1) is 0 Å². The van der Waals surface area contributed by atoms with Crippen LogP contribution < -0.4 is 11.1 Å². The lowest BCUT2D eigenvalue weighted by Crippen LogP contribution is -2.45. The zero-order chi connectivity index (χ0) is 14.5. The van der Waals surface area contributed by atoms with E-state index in [1.807, 2.05) is 0 Å². The van der Waals surface area contributed by atoms with Crippen LogP contribution in [0.1, 0.15) is 50.7 Å². The second-order valence-corrected chi connectivity index (χ2v) is 6.33. The molecule has 0 fully saturated rings. The normalized spacial score (nSPS) is 11.7. The van der Waals surface area contributed by atoms with Gasteiger partial charge in [0, 0.05) is 22.2 Å². The van der Waals surface area contributed by atoms with Crippen LogP contribution in [0.15, 0.2) is 16.6 Å². The van der Waals surface area contributed by atoms with Gasteiger partial charge in [0.2, 0.25) is 0 Å². The molecule has 0 aliphatic carbocycles. The SMILES string of the molecule is CCCC(CN)(CCC)Nc1cc(C)c(Br)c(C)c1. The molecular formula is C16H27BrN2. The zero-order valence-corrected chi connectivity index (χ0v) is 14.2. The van der Waals surface area contributed by atoms with Crippen LogP contribution in [-0.2, 0) is 0 Å². The zero-order valence-electron chi connectivity index (χ0n) is 12.6. The Morgan fingerprint density at radius 2 is 1.58 bits per heavy atom. The maximum absolute atomic E-state index is 6.06. The van der Waals surface area contributed by atoms with Crippen molar-refractivity contribution in [3.05, 3.63) is 27.7 Å². The van der Waals surface area contributed by atoms with E-state index < -0.39 is 0 Å². The molecule has 0 amide bonds. The Balaban J connectivity index is 3.02. The van der Waals surface area contributed by atoms with Crippen molar-refractivity contribution < 1.29 is 0 Å². The van der Waals surface area contributed by atoms with Gasteiger partial charge >= 0.3 is 0 Å². The predicted molar refractivity (Wildman–Crippen MR) is 88.8 cm³/mol. The van der Waals surface area contributed by atoms with Gasteiger partial charge in [0.15, 0.2) is 0 Å². The van der Waals surface area contributed by atoms with Crippen molar-refractivity contribution >= 4 is 21.6 Å². The van der Waals surface area contributed by atoms with Gasteiger partial charge in [-0.05, 0) is 49.9 Å². The highest BCUT2D eigenvalue weighted by Gasteiger charge is 2.26. The van der Waals surface area contributed by atoms with Crippen molar-refractivity contribution in [1.29, 1.82) is 0 Å². The van der Waals surface area contributed by atoms with Crippen molar-refractivity contribution in [2.24, 2.45) is 5.73 Å². The van der Waals surface area contributed by atoms with Gasteiger partial charge in [-0.3, -0.25) is 0 Å². The third kappa shape index (κ3) is 4.22. The lowest BCUT2D eigenvalue weighted by Gasteiger charge is -2.35. The minimum Gasteiger partial charge on any atom is -0.378 e. The van der Waals surface area contributed by atoms with Crippen LogP contribution in [0.2, 0.25) is 0 Å². The molecule has 0 saturated carbocycles. The van der Waals surface area contributed by atoms with Crippen LogP contribution in [0.4, 0.5) is 5.69 Å². The monoisotopic (exact) mass is 326 g/mol. The standard InChI is InChI=1S/C16H27BrN2/c1-5-7-16(11-18,8-6-2)19-14-9-12(3)15(17)13(4)10-14/h9-10,19H,5-8,11,18H2,1-4H3. The average Bonchev–Trinajstić information content (AvgIpc) is 2.36. The van der Waals surface area contributed by atoms with E-state index in [1.165, 1.54) is 21.3 Å². The number of hydrogen-bond acceptors (Lipinski definition) is 2. The second-order valence-electron chi connectivity index (χ2n) is 5.53. The van der Waals surface area contributed by atoms with Crippen molar-refractivity contribution in [2.75, 3.05) is 11.9 Å². The maximum atomic E-state index is 6.06. The Labute approximate surface area is 126 Å². The molecule has 1 rings (SSSR count). The number of nitrogens with one attached hydrogen (secondary N) is 1. The fourth-order valence-electron chi connectivity index (χ4n) is 2.79. The lowest BCUT2D eigenvalue weighted by atomic mass is 9.88. The molecule has 0 aliphatic rings. The number of rotatable bonds is 7. The number of hydrogen-bond donors (Lipinski definition) is 2. The predicted octanol–water partition coefficient (Wildman–Crippen LogP) is 4.78. The van der Waals surface area contributed by atoms with E-state index in [1.54, 1.807) is 0 Å². The smallest absolute Gasteiger partial charge is 0.0495 e. The molecule has 0 aliphatic heterocycles. The molecule has 0 spiro atoms. The van der Waals surface area contributed by atoms with Crippen molar-refractivity contribution in [1.82, 2.24) is 0 Å². The third-order valence-electron chi connectivity index (χ3n) is 3.69. The van der Waals surface area contributed by atoms with Crippen LogP contribution >= 0.6 is 15.9 Å². The van der Waals surface area contributed by atoms with Gasteiger partial charge in [-0.2, -0.15) is 0 Å². The minimum absolute atomic E-state index is 0.0379. The summed E-state index contributed by atoms with van der Waals surface area (Å²) < 4.78 is 1.20. The van der Waals surface area contributed by atoms with E-state index in [9.17, 15) is 0 Å². The Hall–Kier alpha value is -0.540. The Morgan fingerprint density at radius 3 is 1.95 bits per heavy atom. The maximum Gasteiger partial charge on any atom is 0.0495 e. The fraction of sp³-hybridized carbons (Fsp3) is 0.625. The van der Waals surface area contributed by atoms with Crippen LogP contribution in [0, 0.1) is 13.8 Å². The summed E-state index contributed by atoms with van der Waals surface area (Å²) in [6.45, 7) is 9.39. The van der Waals surface area contributed by atoms with Gasteiger partial charge in [-0.25, -0.2) is 0 Å². The van der Waals surface area contributed by atoms with E-state index >= 15 is 0 Å². The molecule has 108 valence electrons. The Morgan fingerprint density at radius 1 is 1.11 bits per heavy atom. The molecule has 0 unspecified atom stereocenters. The summed E-state index contributed by atoms with van der Waals surface area (Å²) in [5.41, 5.74) is 9.82. The van der Waals surface area contributed by atoms with Gasteiger partial charge in [0.1, 0.15) is 0 Å². The Kier molecular flexibility index (Phi) is 6.34. The fourth-order valence-corrected chi connectivity index (χ4v) is 3.02. The van der Waals surface area contributed by atoms with Crippen LogP contribution in [-0.4, -0.2) is 12.1 Å². The summed E-state index contributed by atoms with van der Waals surface area (Å²) >= 11 is 3.62. The van der Waals surface area contributed by atoms with E-state index in [4.69, 9.17) is 5.73 Å². The topological polar surface area (TPSA) is 38.0 Å². The first-order valence-electron chi connectivity index (χ1n) is 7.23. The number of benzene rings is 1. The summed E-state index contributed by atoms with van der Waals surface area (Å²) in [5, 5.41) is 3.71. The highest BCUT2D eigenvalue weighted by atomic mass is 79.9. The molecule has 0 atom stereocenters. The average molecular weight is 327 g/mol. The molecule has 19 heavy (non-hydrogen) atoms. The minimum atomic E-state index is 0.0379.